The Kier molecular flexibility index (Phi) is 8.04. The maximum Gasteiger partial charge on any atom is 0.407 e. The minimum atomic E-state index is -0.467. The molecule has 37 heavy (non-hydrogen) atoms. The number of amides is 1. The van der Waals surface area contributed by atoms with E-state index in [1.807, 2.05) is 24.3 Å². The molecule has 1 atom stereocenters. The Morgan fingerprint density at radius 2 is 1.65 bits per heavy atom. The molecule has 5 nitrogen and oxygen atoms in total. The third kappa shape index (κ3) is 5.49. The lowest BCUT2D eigenvalue weighted by Gasteiger charge is -2.32. The number of piperidine rings is 1. The molecule has 1 saturated heterocycles. The summed E-state index contributed by atoms with van der Waals surface area (Å²) in [5.74, 6) is 0.758. The monoisotopic (exact) mass is 536 g/mol. The Labute approximate surface area is 227 Å². The summed E-state index contributed by atoms with van der Waals surface area (Å²) < 4.78 is 11.8. The van der Waals surface area contributed by atoms with Crippen molar-refractivity contribution in [3.8, 4) is 16.9 Å². The highest BCUT2D eigenvalue weighted by Crippen LogP contribution is 2.45. The van der Waals surface area contributed by atoms with Crippen LogP contribution in [0.25, 0.3) is 11.1 Å². The largest absolute Gasteiger partial charge is 0.489 e. The number of carbonyl (C=O) groups is 1. The van der Waals surface area contributed by atoms with Crippen LogP contribution in [-0.4, -0.2) is 32.4 Å². The average Bonchev–Trinajstić information content (AvgIpc) is 3.25. The van der Waals surface area contributed by atoms with Crippen molar-refractivity contribution in [2.45, 2.75) is 24.8 Å². The number of nitrogens with one attached hydrogen (secondary N) is 2. The van der Waals surface area contributed by atoms with Crippen molar-refractivity contribution in [2.75, 3.05) is 26.3 Å². The van der Waals surface area contributed by atoms with E-state index in [1.54, 1.807) is 18.2 Å². The smallest absolute Gasteiger partial charge is 0.407 e. The quantitative estimate of drug-likeness (QED) is 0.300. The fourth-order valence-corrected chi connectivity index (χ4v) is 5.78. The van der Waals surface area contributed by atoms with Crippen molar-refractivity contribution in [1.29, 1.82) is 0 Å². The Morgan fingerprint density at radius 1 is 1.03 bits per heavy atom. The predicted octanol–water partition coefficient (Wildman–Crippen LogP) is 7.14. The fourth-order valence-electron chi connectivity index (χ4n) is 5.45. The molecule has 0 radical (unpaired) electrons. The number of rotatable bonds is 8. The van der Waals surface area contributed by atoms with Gasteiger partial charge in [-0.1, -0.05) is 84.4 Å². The molecule has 7 heteroatoms. The second kappa shape index (κ2) is 11.6. The first-order chi connectivity index (χ1) is 18.1. The van der Waals surface area contributed by atoms with Gasteiger partial charge < -0.3 is 20.1 Å². The number of alkyl carbamates (subject to hydrolysis) is 1. The van der Waals surface area contributed by atoms with Gasteiger partial charge in [0.15, 0.2) is 0 Å². The number of benzene rings is 3. The van der Waals surface area contributed by atoms with Gasteiger partial charge in [-0.15, -0.1) is 0 Å². The highest BCUT2D eigenvalue weighted by atomic mass is 35.5. The lowest BCUT2D eigenvalue weighted by atomic mass is 9.85. The van der Waals surface area contributed by atoms with Gasteiger partial charge in [0.05, 0.1) is 16.1 Å². The maximum atomic E-state index is 13.3. The van der Waals surface area contributed by atoms with Crippen LogP contribution in [0.4, 0.5) is 4.79 Å². The molecule has 1 fully saturated rings. The van der Waals surface area contributed by atoms with Crippen molar-refractivity contribution in [2.24, 2.45) is 5.92 Å². The van der Waals surface area contributed by atoms with E-state index in [2.05, 4.69) is 41.5 Å². The van der Waals surface area contributed by atoms with Crippen LogP contribution in [0.5, 0.6) is 5.75 Å². The van der Waals surface area contributed by atoms with E-state index < -0.39 is 6.09 Å². The first-order valence-electron chi connectivity index (χ1n) is 12.6. The number of hydrogen-bond acceptors (Lipinski definition) is 4. The Bertz CT molecular complexity index is 1240. The van der Waals surface area contributed by atoms with Crippen LogP contribution in [0.3, 0.4) is 0 Å². The lowest BCUT2D eigenvalue weighted by Crippen LogP contribution is -2.39. The molecule has 5 rings (SSSR count). The molecular formula is C30H30Cl2N2O3. The number of ether oxygens (including phenoxy) is 2. The SMILES string of the molecule is C=CCOc1cc(Cl)c(Cl)cc1C(NC(=O)OCC1c2ccccc2-c2ccccc21)C1CCNCC1. The average molecular weight is 537 g/mol. The van der Waals surface area contributed by atoms with Gasteiger partial charge in [-0.2, -0.15) is 0 Å². The van der Waals surface area contributed by atoms with Crippen molar-refractivity contribution in [3.63, 3.8) is 0 Å². The molecule has 1 unspecified atom stereocenters. The van der Waals surface area contributed by atoms with Crippen LogP contribution in [0, 0.1) is 5.92 Å². The molecule has 3 aromatic carbocycles. The van der Waals surface area contributed by atoms with Gasteiger partial charge in [0, 0.05) is 17.5 Å². The zero-order valence-corrected chi connectivity index (χ0v) is 22.0. The minimum Gasteiger partial charge on any atom is -0.489 e. The van der Waals surface area contributed by atoms with Crippen LogP contribution in [-0.2, 0) is 4.74 Å². The van der Waals surface area contributed by atoms with Gasteiger partial charge in [0.2, 0.25) is 0 Å². The van der Waals surface area contributed by atoms with Crippen LogP contribution in [0.15, 0.2) is 73.3 Å². The third-order valence-electron chi connectivity index (χ3n) is 7.22. The lowest BCUT2D eigenvalue weighted by molar-refractivity contribution is 0.132. The van der Waals surface area contributed by atoms with Gasteiger partial charge in [0.25, 0.3) is 0 Å². The first-order valence-corrected chi connectivity index (χ1v) is 13.4. The van der Waals surface area contributed by atoms with E-state index in [9.17, 15) is 4.79 Å². The van der Waals surface area contributed by atoms with Crippen LogP contribution in [0.2, 0.25) is 10.0 Å². The molecule has 0 saturated carbocycles. The minimum absolute atomic E-state index is 0.00746. The molecule has 1 aliphatic heterocycles. The molecule has 0 spiro atoms. The van der Waals surface area contributed by atoms with Crippen molar-refractivity contribution in [1.82, 2.24) is 10.6 Å². The summed E-state index contributed by atoms with van der Waals surface area (Å²) in [4.78, 5) is 13.3. The Balaban J connectivity index is 1.38. The molecule has 1 aliphatic carbocycles. The summed E-state index contributed by atoms with van der Waals surface area (Å²) in [6.45, 7) is 6.05. The van der Waals surface area contributed by atoms with Crippen molar-refractivity contribution in [3.05, 3.63) is 100 Å². The first kappa shape index (κ1) is 25.7. The van der Waals surface area contributed by atoms with E-state index >= 15 is 0 Å². The second-order valence-electron chi connectivity index (χ2n) is 9.44. The van der Waals surface area contributed by atoms with E-state index in [-0.39, 0.29) is 24.5 Å². The van der Waals surface area contributed by atoms with E-state index in [1.165, 1.54) is 22.3 Å². The zero-order valence-electron chi connectivity index (χ0n) is 20.5. The summed E-state index contributed by atoms with van der Waals surface area (Å²) in [5, 5.41) is 7.34. The second-order valence-corrected chi connectivity index (χ2v) is 10.3. The van der Waals surface area contributed by atoms with Gasteiger partial charge >= 0.3 is 6.09 Å². The molecule has 192 valence electrons. The van der Waals surface area contributed by atoms with Crippen molar-refractivity contribution < 1.29 is 14.3 Å². The summed E-state index contributed by atoms with van der Waals surface area (Å²) in [6, 6.07) is 19.8. The summed E-state index contributed by atoms with van der Waals surface area (Å²) in [6.07, 6.45) is 3.00. The van der Waals surface area contributed by atoms with E-state index in [0.29, 0.717) is 22.4 Å². The number of carbonyl (C=O) groups excluding carboxylic acids is 1. The molecule has 3 aromatic rings. The standard InChI is InChI=1S/C30H30Cl2N2O3/c1-2-15-36-28-17-27(32)26(31)16-24(28)29(19-11-13-33-14-12-19)34-30(35)37-18-25-22-9-5-3-7-20(22)21-8-4-6-10-23(21)25/h2-10,16-17,19,25,29,33H,1,11-15,18H2,(H,34,35). The fraction of sp³-hybridized carbons (Fsp3) is 0.300. The van der Waals surface area contributed by atoms with E-state index in [0.717, 1.165) is 31.5 Å². The summed E-state index contributed by atoms with van der Waals surface area (Å²) in [7, 11) is 0. The van der Waals surface area contributed by atoms with Crippen LogP contribution in [0.1, 0.15) is 41.5 Å². The normalized spacial score (nSPS) is 15.9. The number of halogens is 2. The molecule has 1 amide bonds. The Hall–Kier alpha value is -2.99. The topological polar surface area (TPSA) is 59.6 Å². The molecular weight excluding hydrogens is 507 g/mol. The van der Waals surface area contributed by atoms with Crippen LogP contribution >= 0.6 is 23.2 Å². The summed E-state index contributed by atoms with van der Waals surface area (Å²) in [5.41, 5.74) is 5.53. The molecule has 1 heterocycles. The number of hydrogen-bond donors (Lipinski definition) is 2. The molecule has 0 bridgehead atoms. The highest BCUT2D eigenvalue weighted by molar-refractivity contribution is 6.42. The molecule has 2 N–H and O–H groups in total. The summed E-state index contributed by atoms with van der Waals surface area (Å²) >= 11 is 12.7. The number of fused-ring (bicyclic) bond motifs is 3. The van der Waals surface area contributed by atoms with Gasteiger partial charge in [-0.05, 0) is 60.2 Å². The van der Waals surface area contributed by atoms with E-state index in [4.69, 9.17) is 32.7 Å². The molecule has 2 aliphatic rings. The predicted molar refractivity (Wildman–Crippen MR) is 149 cm³/mol. The van der Waals surface area contributed by atoms with Crippen molar-refractivity contribution >= 4 is 29.3 Å². The molecule has 0 aromatic heterocycles. The Morgan fingerprint density at radius 3 is 2.30 bits per heavy atom. The van der Waals surface area contributed by atoms with Gasteiger partial charge in [-0.25, -0.2) is 4.79 Å². The van der Waals surface area contributed by atoms with Gasteiger partial charge in [0.1, 0.15) is 19.0 Å². The van der Waals surface area contributed by atoms with Gasteiger partial charge in [-0.3, -0.25) is 0 Å². The third-order valence-corrected chi connectivity index (χ3v) is 7.94. The van der Waals surface area contributed by atoms with Crippen LogP contribution < -0.4 is 15.4 Å². The zero-order chi connectivity index (χ0) is 25.8. The highest BCUT2D eigenvalue weighted by Gasteiger charge is 2.32. The maximum absolute atomic E-state index is 13.3.